The number of carbonyl (C=O) groups excluding carboxylic acids is 1. The topological polar surface area (TPSA) is 29.1 Å². The molecule has 0 aliphatic rings. The smallest absolute Gasteiger partial charge is 0.320 e. The van der Waals surface area contributed by atoms with Gasteiger partial charge < -0.3 is 5.32 Å². The number of hydrogen-bond acceptors (Lipinski definition) is 1. The van der Waals surface area contributed by atoms with Crippen LogP contribution in [0.2, 0.25) is 0 Å². The van der Waals surface area contributed by atoms with Crippen molar-refractivity contribution in [1.82, 2.24) is 0 Å². The summed E-state index contributed by atoms with van der Waals surface area (Å²) in [5.41, 5.74) is 0.209. The van der Waals surface area contributed by atoms with E-state index in [1.165, 1.54) is 12.1 Å². The van der Waals surface area contributed by atoms with Crippen molar-refractivity contribution in [3.8, 4) is 0 Å². The molecule has 0 aliphatic carbocycles. The van der Waals surface area contributed by atoms with Crippen LogP contribution in [0, 0.1) is 0 Å². The predicted molar refractivity (Wildman–Crippen MR) is 60.5 cm³/mol. The van der Waals surface area contributed by atoms with Crippen molar-refractivity contribution in [3.63, 3.8) is 0 Å². The largest absolute Gasteiger partial charge is 0.392 e. The van der Waals surface area contributed by atoms with Gasteiger partial charge in [0.2, 0.25) is 0 Å². The number of para-hydroxylation sites is 1. The molecule has 0 spiro atoms. The molecule has 1 N–H and O–H groups in total. The van der Waals surface area contributed by atoms with Gasteiger partial charge in [0, 0.05) is 5.69 Å². The monoisotopic (exact) mass is 249 g/mol. The molecule has 0 aromatic heterocycles. The predicted octanol–water partition coefficient (Wildman–Crippen LogP) is 3.19. The molecule has 2 nitrogen and oxygen atoms in total. The van der Waals surface area contributed by atoms with Crippen LogP contribution in [-0.4, -0.2) is 16.5 Å². The van der Waals surface area contributed by atoms with Crippen LogP contribution in [0.15, 0.2) is 30.3 Å². The van der Waals surface area contributed by atoms with E-state index >= 15 is 0 Å². The molecule has 1 aromatic carbocycles. The zero-order valence-electron chi connectivity index (χ0n) is 8.41. The molecular weight excluding hydrogens is 239 g/mol. The van der Waals surface area contributed by atoms with Crippen LogP contribution in [0.5, 0.6) is 0 Å². The van der Waals surface area contributed by atoms with E-state index in [2.05, 4.69) is 0 Å². The average Bonchev–Trinajstić information content (AvgIpc) is 2.29. The summed E-state index contributed by atoms with van der Waals surface area (Å²) in [6.45, 7) is 1.15. The number of hydrogen-bond donors (Lipinski definition) is 1. The quantitative estimate of drug-likeness (QED) is 0.819. The molecule has 0 fully saturated rings. The highest BCUT2D eigenvalue weighted by atomic mass is 32.2. The number of anilines is 1. The molecule has 88 valence electrons. The van der Waals surface area contributed by atoms with Crippen LogP contribution in [0.25, 0.3) is 0 Å². The van der Waals surface area contributed by atoms with E-state index in [0.717, 1.165) is 6.92 Å². The molecule has 1 atom stereocenters. The Kier molecular flexibility index (Phi) is 4.12. The van der Waals surface area contributed by atoms with E-state index in [1.807, 2.05) is 5.32 Å². The van der Waals surface area contributed by atoms with Crippen molar-refractivity contribution < 1.29 is 17.5 Å². The Labute approximate surface area is 93.7 Å². The van der Waals surface area contributed by atoms with E-state index < -0.39 is 22.0 Å². The fraction of sp³-hybridized carbons (Fsp3) is 0.200. The number of alkyl halides is 2. The zero-order valence-corrected chi connectivity index (χ0v) is 9.23. The van der Waals surface area contributed by atoms with Crippen LogP contribution in [-0.2, 0) is 4.79 Å². The summed E-state index contributed by atoms with van der Waals surface area (Å²) in [6, 6.07) is 7.72. The second-order valence-electron chi connectivity index (χ2n) is 2.86. The van der Waals surface area contributed by atoms with Gasteiger partial charge >= 0.3 is 11.2 Å². The highest BCUT2D eigenvalue weighted by Crippen LogP contribution is 2.37. The number of amides is 1. The molecule has 1 rings (SSSR count). The fourth-order valence-corrected chi connectivity index (χ4v) is 1.49. The lowest BCUT2D eigenvalue weighted by atomic mass is 10.3. The van der Waals surface area contributed by atoms with Crippen molar-refractivity contribution in [2.24, 2.45) is 0 Å². The maximum atomic E-state index is 13.1. The first-order valence-corrected chi connectivity index (χ1v) is 5.60. The molecule has 1 amide bonds. The van der Waals surface area contributed by atoms with Crippen LogP contribution < -0.4 is 5.32 Å². The Morgan fingerprint density at radius 2 is 1.94 bits per heavy atom. The third-order valence-electron chi connectivity index (χ3n) is 1.75. The standard InChI is InChI=1S/C10H10F3NOS/c1-2-16(13)10(11,12)9(15)14-8-6-4-3-5-7-8/h2-7H,1H3,(H,14,15). The van der Waals surface area contributed by atoms with Gasteiger partial charge in [-0.3, -0.25) is 4.79 Å². The number of benzene rings is 1. The lowest BCUT2D eigenvalue weighted by molar-refractivity contribution is -0.129. The second kappa shape index (κ2) is 5.16. The van der Waals surface area contributed by atoms with Crippen LogP contribution in [0.1, 0.15) is 6.92 Å². The highest BCUT2D eigenvalue weighted by Gasteiger charge is 2.43. The summed E-state index contributed by atoms with van der Waals surface area (Å²) in [5, 5.41) is -1.40. The van der Waals surface area contributed by atoms with E-state index in [0.29, 0.717) is 5.37 Å². The van der Waals surface area contributed by atoms with Gasteiger partial charge in [-0.25, -0.2) is 0 Å². The summed E-state index contributed by atoms with van der Waals surface area (Å²) in [4.78, 5) is 11.1. The third-order valence-corrected chi connectivity index (χ3v) is 2.84. The SMILES string of the molecule is C/C=S(/F)C(F)(F)C(=O)Nc1ccccc1. The van der Waals surface area contributed by atoms with Gasteiger partial charge in [0.15, 0.2) is 0 Å². The molecule has 0 saturated carbocycles. The maximum absolute atomic E-state index is 13.1. The Hall–Kier alpha value is -1.30. The first-order chi connectivity index (χ1) is 7.48. The van der Waals surface area contributed by atoms with Crippen molar-refractivity contribution in [1.29, 1.82) is 0 Å². The Morgan fingerprint density at radius 3 is 2.44 bits per heavy atom. The molecule has 6 heteroatoms. The molecule has 1 aromatic rings. The van der Waals surface area contributed by atoms with E-state index in [9.17, 15) is 17.5 Å². The molecule has 1 unspecified atom stereocenters. The Morgan fingerprint density at radius 1 is 1.38 bits per heavy atom. The van der Waals surface area contributed by atoms with Crippen LogP contribution in [0.4, 0.5) is 18.4 Å². The van der Waals surface area contributed by atoms with Crippen molar-refractivity contribution in [3.05, 3.63) is 30.3 Å². The summed E-state index contributed by atoms with van der Waals surface area (Å²) in [7, 11) is -2.86. The minimum absolute atomic E-state index is 0.209. The molecule has 0 aliphatic heterocycles. The fourth-order valence-electron chi connectivity index (χ4n) is 0.962. The van der Waals surface area contributed by atoms with Crippen molar-refractivity contribution >= 4 is 27.8 Å². The molecule has 0 radical (unpaired) electrons. The summed E-state index contributed by atoms with van der Waals surface area (Å²) in [5.74, 6) is -1.64. The van der Waals surface area contributed by atoms with Crippen molar-refractivity contribution in [2.45, 2.75) is 12.2 Å². The average molecular weight is 249 g/mol. The lowest BCUT2D eigenvalue weighted by Crippen LogP contribution is -2.32. The van der Waals surface area contributed by atoms with Gasteiger partial charge in [-0.05, 0) is 24.4 Å². The van der Waals surface area contributed by atoms with E-state index in [1.54, 1.807) is 18.2 Å². The second-order valence-corrected chi connectivity index (χ2v) is 4.41. The first kappa shape index (κ1) is 12.8. The Bertz CT molecular complexity index is 406. The first-order valence-electron chi connectivity index (χ1n) is 4.41. The minimum Gasteiger partial charge on any atom is -0.320 e. The number of halogens is 3. The molecule has 0 bridgehead atoms. The molecular formula is C10H10F3NOS. The number of nitrogens with one attached hydrogen (secondary N) is 1. The van der Waals surface area contributed by atoms with Crippen molar-refractivity contribution in [2.75, 3.05) is 5.32 Å². The third kappa shape index (κ3) is 2.85. The lowest BCUT2D eigenvalue weighted by Gasteiger charge is -2.14. The summed E-state index contributed by atoms with van der Waals surface area (Å²) >= 11 is 0. The zero-order chi connectivity index (χ0) is 12.2. The van der Waals surface area contributed by atoms with Crippen LogP contribution in [0.3, 0.4) is 0 Å². The van der Waals surface area contributed by atoms with E-state index in [-0.39, 0.29) is 5.69 Å². The van der Waals surface area contributed by atoms with Gasteiger partial charge in [0.1, 0.15) is 0 Å². The van der Waals surface area contributed by atoms with E-state index in [4.69, 9.17) is 0 Å². The normalized spacial score (nSPS) is 13.5. The molecule has 0 heterocycles. The van der Waals surface area contributed by atoms with Gasteiger partial charge in [-0.1, -0.05) is 18.2 Å². The van der Waals surface area contributed by atoms with Gasteiger partial charge in [0.05, 0.1) is 10.9 Å². The minimum atomic E-state index is -4.02. The summed E-state index contributed by atoms with van der Waals surface area (Å²) in [6.07, 6.45) is 0. The van der Waals surface area contributed by atoms with Crippen LogP contribution >= 0.6 is 10.9 Å². The molecule has 0 saturated heterocycles. The maximum Gasteiger partial charge on any atom is 0.392 e. The van der Waals surface area contributed by atoms with Gasteiger partial charge in [0.25, 0.3) is 0 Å². The summed E-state index contributed by atoms with van der Waals surface area (Å²) < 4.78 is 39.0. The van der Waals surface area contributed by atoms with Gasteiger partial charge in [-0.2, -0.15) is 12.7 Å². The Balaban J connectivity index is 2.81. The molecule has 16 heavy (non-hydrogen) atoms. The number of carbonyl (C=O) groups is 1. The highest BCUT2D eigenvalue weighted by molar-refractivity contribution is 8.12. The number of rotatable bonds is 3. The van der Waals surface area contributed by atoms with Gasteiger partial charge in [-0.15, -0.1) is 0 Å².